The molecule has 1 aliphatic rings. The molecule has 3 rings (SSSR count). The molecule has 0 aliphatic carbocycles. The maximum absolute atomic E-state index is 12.5. The Labute approximate surface area is 147 Å². The number of aromatic nitrogens is 2. The van der Waals surface area contributed by atoms with Crippen LogP contribution in [0.4, 0.5) is 5.69 Å². The third-order valence-electron chi connectivity index (χ3n) is 4.70. The molecule has 0 radical (unpaired) electrons. The van der Waals surface area contributed by atoms with Gasteiger partial charge in [0.25, 0.3) is 5.56 Å². The molecular weight excluding hydrogens is 316 g/mol. The summed E-state index contributed by atoms with van der Waals surface area (Å²) in [4.78, 5) is 26.4. The molecule has 2 heterocycles. The number of benzene rings is 1. The summed E-state index contributed by atoms with van der Waals surface area (Å²) in [5.74, 6) is 0.00493. The second-order valence-electron chi connectivity index (χ2n) is 6.66. The number of amides is 1. The number of nitrogens with one attached hydrogen (secondary N) is 1. The van der Waals surface area contributed by atoms with E-state index in [0.717, 1.165) is 30.6 Å². The van der Waals surface area contributed by atoms with Crippen molar-refractivity contribution in [2.24, 2.45) is 13.0 Å². The number of anilines is 1. The molecule has 0 saturated carbocycles. The molecule has 1 atom stereocenters. The highest BCUT2D eigenvalue weighted by molar-refractivity contribution is 5.79. The largest absolute Gasteiger partial charge is 0.369 e. The van der Waals surface area contributed by atoms with Crippen LogP contribution in [-0.2, 0) is 18.4 Å². The first-order valence-electron chi connectivity index (χ1n) is 8.64. The van der Waals surface area contributed by atoms with Gasteiger partial charge in [-0.3, -0.25) is 9.59 Å². The number of carbonyl (C=O) groups is 1. The van der Waals surface area contributed by atoms with E-state index in [4.69, 9.17) is 0 Å². The topological polar surface area (TPSA) is 67.2 Å². The Kier molecular flexibility index (Phi) is 5.16. The van der Waals surface area contributed by atoms with Crippen LogP contribution in [0.15, 0.2) is 41.3 Å². The van der Waals surface area contributed by atoms with Gasteiger partial charge in [-0.25, -0.2) is 4.68 Å². The van der Waals surface area contributed by atoms with Gasteiger partial charge < -0.3 is 10.2 Å². The molecule has 0 bridgehead atoms. The van der Waals surface area contributed by atoms with Crippen molar-refractivity contribution < 1.29 is 4.79 Å². The summed E-state index contributed by atoms with van der Waals surface area (Å²) in [6.45, 7) is 4.05. The number of piperidine rings is 1. The summed E-state index contributed by atoms with van der Waals surface area (Å²) in [5, 5.41) is 7.10. The molecular formula is C19H24N4O2. The summed E-state index contributed by atoms with van der Waals surface area (Å²) in [6.07, 6.45) is 3.49. The number of aryl methyl sites for hydroxylation is 2. The van der Waals surface area contributed by atoms with E-state index in [0.29, 0.717) is 13.1 Å². The minimum absolute atomic E-state index is 0.0664. The van der Waals surface area contributed by atoms with Crippen LogP contribution in [0.2, 0.25) is 0 Å². The number of carbonyl (C=O) groups excluding carboxylic acids is 1. The van der Waals surface area contributed by atoms with Crippen molar-refractivity contribution in [1.29, 1.82) is 0 Å². The summed E-state index contributed by atoms with van der Waals surface area (Å²) < 4.78 is 1.30. The Balaban J connectivity index is 1.60. The highest BCUT2D eigenvalue weighted by Crippen LogP contribution is 2.21. The molecule has 1 N–H and O–H groups in total. The Bertz CT molecular complexity index is 798. The van der Waals surface area contributed by atoms with Gasteiger partial charge in [-0.2, -0.15) is 5.10 Å². The first-order chi connectivity index (χ1) is 12.0. The van der Waals surface area contributed by atoms with Crippen LogP contribution in [0, 0.1) is 12.8 Å². The maximum atomic E-state index is 12.5. The standard InChI is InChI=1S/C19H24N4O2/c1-14-5-7-15(8-6-14)11-20-19(25)16-4-3-9-23(13-16)17-10-18(24)22(2)21-12-17/h5-8,10,12,16H,3-4,9,11,13H2,1-2H3,(H,20,25)/t16-/m1/s1. The van der Waals surface area contributed by atoms with Gasteiger partial charge in [0.05, 0.1) is 17.8 Å². The van der Waals surface area contributed by atoms with Gasteiger partial charge in [0.15, 0.2) is 0 Å². The van der Waals surface area contributed by atoms with E-state index in [2.05, 4.69) is 15.3 Å². The highest BCUT2D eigenvalue weighted by atomic mass is 16.2. The smallest absolute Gasteiger partial charge is 0.268 e. The van der Waals surface area contributed by atoms with Crippen LogP contribution >= 0.6 is 0 Å². The fraction of sp³-hybridized carbons (Fsp3) is 0.421. The van der Waals surface area contributed by atoms with E-state index in [-0.39, 0.29) is 17.4 Å². The van der Waals surface area contributed by atoms with Crippen molar-refractivity contribution in [3.8, 4) is 0 Å². The van der Waals surface area contributed by atoms with Gasteiger partial charge in [0.1, 0.15) is 0 Å². The zero-order valence-electron chi connectivity index (χ0n) is 14.7. The van der Waals surface area contributed by atoms with Gasteiger partial charge in [-0.15, -0.1) is 0 Å². The van der Waals surface area contributed by atoms with E-state index >= 15 is 0 Å². The van der Waals surface area contributed by atoms with Gasteiger partial charge in [-0.05, 0) is 25.3 Å². The average molecular weight is 340 g/mol. The lowest BCUT2D eigenvalue weighted by atomic mass is 9.96. The van der Waals surface area contributed by atoms with Gasteiger partial charge >= 0.3 is 0 Å². The molecule has 1 saturated heterocycles. The van der Waals surface area contributed by atoms with Crippen LogP contribution in [0.1, 0.15) is 24.0 Å². The first-order valence-corrected chi connectivity index (χ1v) is 8.64. The fourth-order valence-corrected chi connectivity index (χ4v) is 3.10. The average Bonchev–Trinajstić information content (AvgIpc) is 2.63. The lowest BCUT2D eigenvalue weighted by Gasteiger charge is -2.33. The monoisotopic (exact) mass is 340 g/mol. The van der Waals surface area contributed by atoms with E-state index < -0.39 is 0 Å². The quantitative estimate of drug-likeness (QED) is 0.918. The Morgan fingerprint density at radius 1 is 1.32 bits per heavy atom. The molecule has 0 unspecified atom stereocenters. The van der Waals surface area contributed by atoms with Crippen LogP contribution in [0.5, 0.6) is 0 Å². The molecule has 1 aromatic carbocycles. The minimum Gasteiger partial charge on any atom is -0.369 e. The second kappa shape index (κ2) is 7.51. The normalized spacial score (nSPS) is 17.4. The van der Waals surface area contributed by atoms with Crippen molar-refractivity contribution in [2.75, 3.05) is 18.0 Å². The molecule has 6 heteroatoms. The van der Waals surface area contributed by atoms with E-state index in [1.54, 1.807) is 19.3 Å². The van der Waals surface area contributed by atoms with E-state index in [1.165, 1.54) is 10.2 Å². The fourth-order valence-electron chi connectivity index (χ4n) is 3.10. The van der Waals surface area contributed by atoms with Crippen molar-refractivity contribution in [3.63, 3.8) is 0 Å². The zero-order valence-corrected chi connectivity index (χ0v) is 14.7. The summed E-state index contributed by atoms with van der Waals surface area (Å²) in [5.41, 5.74) is 2.96. The van der Waals surface area contributed by atoms with Crippen LogP contribution < -0.4 is 15.8 Å². The number of hydrogen-bond donors (Lipinski definition) is 1. The van der Waals surface area contributed by atoms with E-state index in [1.807, 2.05) is 31.2 Å². The molecule has 132 valence electrons. The molecule has 25 heavy (non-hydrogen) atoms. The van der Waals surface area contributed by atoms with Gasteiger partial charge in [0, 0.05) is 32.7 Å². The summed E-state index contributed by atoms with van der Waals surface area (Å²) >= 11 is 0. The van der Waals surface area contributed by atoms with Crippen LogP contribution in [0.3, 0.4) is 0 Å². The molecule has 1 aromatic heterocycles. The van der Waals surface area contributed by atoms with Crippen LogP contribution in [0.25, 0.3) is 0 Å². The van der Waals surface area contributed by atoms with Gasteiger partial charge in [0.2, 0.25) is 5.91 Å². The van der Waals surface area contributed by atoms with Crippen molar-refractivity contribution >= 4 is 11.6 Å². The molecule has 1 amide bonds. The second-order valence-corrected chi connectivity index (χ2v) is 6.66. The first kappa shape index (κ1) is 17.2. The molecule has 2 aromatic rings. The predicted octanol–water partition coefficient (Wildman–Crippen LogP) is 1.62. The van der Waals surface area contributed by atoms with E-state index in [9.17, 15) is 9.59 Å². The maximum Gasteiger partial charge on any atom is 0.268 e. The Morgan fingerprint density at radius 2 is 2.08 bits per heavy atom. The zero-order chi connectivity index (χ0) is 17.8. The van der Waals surface area contributed by atoms with Gasteiger partial charge in [-0.1, -0.05) is 29.8 Å². The third kappa shape index (κ3) is 4.26. The molecule has 1 fully saturated rings. The van der Waals surface area contributed by atoms with Crippen molar-refractivity contribution in [1.82, 2.24) is 15.1 Å². The lowest BCUT2D eigenvalue weighted by Crippen LogP contribution is -2.43. The summed E-state index contributed by atoms with van der Waals surface area (Å²) in [6, 6.07) is 9.75. The number of rotatable bonds is 4. The molecule has 0 spiro atoms. The predicted molar refractivity (Wildman–Crippen MR) is 97.4 cm³/mol. The van der Waals surface area contributed by atoms with Crippen LogP contribution in [-0.4, -0.2) is 28.8 Å². The minimum atomic E-state index is -0.136. The highest BCUT2D eigenvalue weighted by Gasteiger charge is 2.26. The number of nitrogens with zero attached hydrogens (tertiary/aromatic N) is 3. The Morgan fingerprint density at radius 3 is 2.80 bits per heavy atom. The third-order valence-corrected chi connectivity index (χ3v) is 4.70. The SMILES string of the molecule is Cc1ccc(CNC(=O)[C@@H]2CCCN(c3cnn(C)c(=O)c3)C2)cc1. The molecule has 6 nitrogen and oxygen atoms in total. The number of hydrogen-bond acceptors (Lipinski definition) is 4. The Hall–Kier alpha value is -2.63. The molecule has 1 aliphatic heterocycles. The lowest BCUT2D eigenvalue weighted by molar-refractivity contribution is -0.125. The van der Waals surface area contributed by atoms with Crippen molar-refractivity contribution in [2.45, 2.75) is 26.3 Å². The van der Waals surface area contributed by atoms with Crippen molar-refractivity contribution in [3.05, 3.63) is 58.0 Å². The summed E-state index contributed by atoms with van der Waals surface area (Å²) in [7, 11) is 1.63.